The second kappa shape index (κ2) is 6.33. The number of nitrogens with two attached hydrogens (primary N) is 1. The number of ether oxygens (including phenoxy) is 1. The zero-order chi connectivity index (χ0) is 13.4. The number of nitrogens with zero attached hydrogens (tertiary/aromatic N) is 1. The minimum atomic E-state index is 0. The Hall–Kier alpha value is -0.780. The van der Waals surface area contributed by atoms with Gasteiger partial charge in [-0.25, -0.2) is 0 Å². The summed E-state index contributed by atoms with van der Waals surface area (Å²) in [5, 5.41) is 1.88. The van der Waals surface area contributed by atoms with Crippen LogP contribution in [0.15, 0.2) is 11.4 Å². The average Bonchev–Trinajstić information content (AvgIpc) is 3.05. The fraction of sp³-hybridized carbons (Fsp3) is 0.643. The second-order valence-corrected chi connectivity index (χ2v) is 6.49. The van der Waals surface area contributed by atoms with Gasteiger partial charge in [0.2, 0.25) is 0 Å². The van der Waals surface area contributed by atoms with Crippen LogP contribution in [0.3, 0.4) is 0 Å². The second-order valence-electron chi connectivity index (χ2n) is 5.58. The van der Waals surface area contributed by atoms with Crippen molar-refractivity contribution >= 4 is 29.7 Å². The van der Waals surface area contributed by atoms with Gasteiger partial charge in [0.15, 0.2) is 0 Å². The van der Waals surface area contributed by atoms with Gasteiger partial charge in [-0.15, -0.1) is 23.7 Å². The summed E-state index contributed by atoms with van der Waals surface area (Å²) in [5.74, 6) is 2.01. The Labute approximate surface area is 129 Å². The molecule has 1 aromatic rings. The van der Waals surface area contributed by atoms with E-state index in [1.807, 2.05) is 16.3 Å². The first-order valence-corrected chi connectivity index (χ1v) is 7.74. The van der Waals surface area contributed by atoms with Crippen molar-refractivity contribution in [3.63, 3.8) is 0 Å². The number of methoxy groups -OCH3 is 1. The number of carbonyl (C=O) groups is 1. The van der Waals surface area contributed by atoms with Gasteiger partial charge in [0.1, 0.15) is 5.75 Å². The standard InChI is InChI=1S/C14H20N2O2S.ClH/c1-18-10-5-13(19-8-10)14(17)16-6-9-3-2-4-12(15)11(9)7-16;/h5,8-9,11-12H,2-4,6-7,15H2,1H3;1H. The first kappa shape index (κ1) is 15.6. The molecule has 1 amide bonds. The first-order chi connectivity index (χ1) is 9.19. The monoisotopic (exact) mass is 316 g/mol. The lowest BCUT2D eigenvalue weighted by Gasteiger charge is -2.29. The largest absolute Gasteiger partial charge is 0.496 e. The van der Waals surface area contributed by atoms with Crippen molar-refractivity contribution in [1.29, 1.82) is 0 Å². The van der Waals surface area contributed by atoms with Gasteiger partial charge in [-0.3, -0.25) is 4.79 Å². The molecule has 1 aromatic heterocycles. The number of hydrogen-bond acceptors (Lipinski definition) is 4. The highest BCUT2D eigenvalue weighted by molar-refractivity contribution is 7.12. The number of fused-ring (bicyclic) bond motifs is 1. The Balaban J connectivity index is 0.00000147. The molecule has 0 aromatic carbocycles. The van der Waals surface area contributed by atoms with Crippen molar-refractivity contribution < 1.29 is 9.53 Å². The van der Waals surface area contributed by atoms with Crippen LogP contribution in [0.2, 0.25) is 0 Å². The van der Waals surface area contributed by atoms with E-state index in [0.717, 1.165) is 30.1 Å². The highest BCUT2D eigenvalue weighted by Crippen LogP contribution is 2.36. The predicted molar refractivity (Wildman–Crippen MR) is 82.8 cm³/mol. The lowest BCUT2D eigenvalue weighted by molar-refractivity contribution is 0.0788. The Morgan fingerprint density at radius 2 is 2.25 bits per heavy atom. The first-order valence-electron chi connectivity index (χ1n) is 6.86. The van der Waals surface area contributed by atoms with E-state index in [1.54, 1.807) is 7.11 Å². The Morgan fingerprint density at radius 1 is 1.45 bits per heavy atom. The van der Waals surface area contributed by atoms with Crippen LogP contribution < -0.4 is 10.5 Å². The third-order valence-electron chi connectivity index (χ3n) is 4.46. The number of amides is 1. The fourth-order valence-electron chi connectivity index (χ4n) is 3.38. The van der Waals surface area contributed by atoms with Crippen LogP contribution >= 0.6 is 23.7 Å². The van der Waals surface area contributed by atoms with Crippen LogP contribution in [0, 0.1) is 11.8 Å². The molecule has 20 heavy (non-hydrogen) atoms. The molecular formula is C14H21ClN2O2S. The van der Waals surface area contributed by atoms with E-state index >= 15 is 0 Å². The Kier molecular flexibility index (Phi) is 4.94. The summed E-state index contributed by atoms with van der Waals surface area (Å²) >= 11 is 1.46. The third-order valence-corrected chi connectivity index (χ3v) is 5.36. The van der Waals surface area contributed by atoms with Crippen molar-refractivity contribution in [3.05, 3.63) is 16.3 Å². The molecule has 1 saturated heterocycles. The molecule has 1 saturated carbocycles. The average molecular weight is 317 g/mol. The molecule has 2 aliphatic rings. The smallest absolute Gasteiger partial charge is 0.264 e. The van der Waals surface area contributed by atoms with Gasteiger partial charge < -0.3 is 15.4 Å². The molecular weight excluding hydrogens is 296 g/mol. The molecule has 112 valence electrons. The summed E-state index contributed by atoms with van der Waals surface area (Å²) in [7, 11) is 1.62. The molecule has 1 aliphatic carbocycles. The number of hydrogen-bond donors (Lipinski definition) is 1. The van der Waals surface area contributed by atoms with E-state index in [9.17, 15) is 4.79 Å². The van der Waals surface area contributed by atoms with Crippen molar-refractivity contribution in [2.24, 2.45) is 17.6 Å². The summed E-state index contributed by atoms with van der Waals surface area (Å²) in [4.78, 5) is 15.2. The molecule has 2 heterocycles. The summed E-state index contributed by atoms with van der Waals surface area (Å²) < 4.78 is 5.14. The van der Waals surface area contributed by atoms with Crippen LogP contribution in [0.4, 0.5) is 0 Å². The summed E-state index contributed by atoms with van der Waals surface area (Å²) in [5.41, 5.74) is 6.19. The van der Waals surface area contributed by atoms with E-state index in [-0.39, 0.29) is 24.4 Å². The lowest BCUT2D eigenvalue weighted by atomic mass is 9.78. The normalized spacial score (nSPS) is 28.7. The van der Waals surface area contributed by atoms with Gasteiger partial charge in [-0.05, 0) is 24.7 Å². The number of likely N-dealkylation sites (tertiary alicyclic amines) is 1. The molecule has 2 fully saturated rings. The summed E-state index contributed by atoms with van der Waals surface area (Å²) in [6, 6.07) is 2.10. The topological polar surface area (TPSA) is 55.6 Å². The highest BCUT2D eigenvalue weighted by atomic mass is 35.5. The lowest BCUT2D eigenvalue weighted by Crippen LogP contribution is -2.38. The van der Waals surface area contributed by atoms with Crippen molar-refractivity contribution in [2.75, 3.05) is 20.2 Å². The molecule has 6 heteroatoms. The molecule has 0 spiro atoms. The van der Waals surface area contributed by atoms with Crippen LogP contribution in [0.1, 0.15) is 28.9 Å². The van der Waals surface area contributed by atoms with Crippen LogP contribution in [0.25, 0.3) is 0 Å². The number of halogens is 1. The van der Waals surface area contributed by atoms with Crippen LogP contribution in [-0.4, -0.2) is 37.0 Å². The predicted octanol–water partition coefficient (Wildman–Crippen LogP) is 2.38. The van der Waals surface area contributed by atoms with E-state index in [1.165, 1.54) is 24.2 Å². The van der Waals surface area contributed by atoms with Gasteiger partial charge in [0.25, 0.3) is 5.91 Å². The van der Waals surface area contributed by atoms with Crippen molar-refractivity contribution in [2.45, 2.75) is 25.3 Å². The van der Waals surface area contributed by atoms with Gasteiger partial charge in [0.05, 0.1) is 12.0 Å². The quantitative estimate of drug-likeness (QED) is 0.911. The van der Waals surface area contributed by atoms with Crippen molar-refractivity contribution in [1.82, 2.24) is 4.90 Å². The van der Waals surface area contributed by atoms with E-state index < -0.39 is 0 Å². The molecule has 0 radical (unpaired) electrons. The molecule has 0 bridgehead atoms. The van der Waals surface area contributed by atoms with Gasteiger partial charge >= 0.3 is 0 Å². The third kappa shape index (κ3) is 2.80. The molecule has 1 aliphatic heterocycles. The minimum absolute atomic E-state index is 0. The summed E-state index contributed by atoms with van der Waals surface area (Å²) in [6.07, 6.45) is 3.53. The van der Waals surface area contributed by atoms with Crippen LogP contribution in [-0.2, 0) is 0 Å². The molecule has 2 N–H and O–H groups in total. The van der Waals surface area contributed by atoms with Gasteiger partial charge in [-0.1, -0.05) is 6.42 Å². The fourth-order valence-corrected chi connectivity index (χ4v) is 4.20. The Morgan fingerprint density at radius 3 is 2.90 bits per heavy atom. The van der Waals surface area contributed by atoms with Gasteiger partial charge in [0, 0.05) is 30.6 Å². The maximum atomic E-state index is 12.5. The molecule has 3 rings (SSSR count). The van der Waals surface area contributed by atoms with Crippen LogP contribution in [0.5, 0.6) is 5.75 Å². The number of rotatable bonds is 2. The molecule has 3 atom stereocenters. The number of carbonyl (C=O) groups excluding carboxylic acids is 1. The summed E-state index contributed by atoms with van der Waals surface area (Å²) in [6.45, 7) is 1.70. The minimum Gasteiger partial charge on any atom is -0.496 e. The maximum absolute atomic E-state index is 12.5. The highest BCUT2D eigenvalue weighted by Gasteiger charge is 2.40. The zero-order valence-electron chi connectivity index (χ0n) is 11.6. The maximum Gasteiger partial charge on any atom is 0.264 e. The van der Waals surface area contributed by atoms with Gasteiger partial charge in [-0.2, -0.15) is 0 Å². The van der Waals surface area contributed by atoms with E-state index in [2.05, 4.69) is 0 Å². The van der Waals surface area contributed by atoms with E-state index in [0.29, 0.717) is 11.8 Å². The SMILES string of the molecule is COc1csc(C(=O)N2CC3CCCC(N)C3C2)c1.Cl. The zero-order valence-corrected chi connectivity index (χ0v) is 13.2. The van der Waals surface area contributed by atoms with Crippen molar-refractivity contribution in [3.8, 4) is 5.75 Å². The Bertz CT molecular complexity index is 479. The molecule has 3 unspecified atom stereocenters. The number of thiophene rings is 1. The van der Waals surface area contributed by atoms with E-state index in [4.69, 9.17) is 10.5 Å². The molecule has 4 nitrogen and oxygen atoms in total.